The van der Waals surface area contributed by atoms with Crippen LogP contribution in [0.15, 0.2) is 36.9 Å². The lowest BCUT2D eigenvalue weighted by molar-refractivity contribution is 0.282. The van der Waals surface area contributed by atoms with Gasteiger partial charge in [-0.2, -0.15) is 0 Å². The fraction of sp³-hybridized carbons (Fsp3) is 0.0833. The van der Waals surface area contributed by atoms with Crippen molar-refractivity contribution in [3.63, 3.8) is 0 Å². The number of aliphatic hydroxyl groups excluding tert-OH is 1. The molecule has 6 heteroatoms. The van der Waals surface area contributed by atoms with Crippen molar-refractivity contribution in [1.29, 1.82) is 0 Å². The summed E-state index contributed by atoms with van der Waals surface area (Å²) in [4.78, 5) is 12.3. The number of fused-ring (bicyclic) bond motifs is 1. The molecule has 0 aliphatic carbocycles. The molecule has 0 radical (unpaired) electrons. The van der Waals surface area contributed by atoms with E-state index in [4.69, 9.17) is 16.7 Å². The van der Waals surface area contributed by atoms with Crippen LogP contribution < -0.4 is 0 Å². The molecule has 90 valence electrons. The topological polar surface area (TPSA) is 63.8 Å². The van der Waals surface area contributed by atoms with Crippen molar-refractivity contribution in [2.45, 2.75) is 6.61 Å². The van der Waals surface area contributed by atoms with Crippen molar-refractivity contribution in [3.05, 3.63) is 47.6 Å². The average Bonchev–Trinajstić information content (AvgIpc) is 2.84. The van der Waals surface area contributed by atoms with Gasteiger partial charge in [-0.15, -0.1) is 0 Å². The molecule has 3 rings (SSSR count). The summed E-state index contributed by atoms with van der Waals surface area (Å²) in [6.45, 7) is 0.0267. The molecule has 1 aromatic carbocycles. The Hall–Kier alpha value is -1.98. The SMILES string of the molecule is OCc1ccc(-n2cnc3c(Cl)ncnc32)cc1. The first-order valence-electron chi connectivity index (χ1n) is 5.33. The number of aromatic nitrogens is 4. The molecule has 5 nitrogen and oxygen atoms in total. The van der Waals surface area contributed by atoms with Gasteiger partial charge in [0.15, 0.2) is 10.8 Å². The molecule has 0 fully saturated rings. The van der Waals surface area contributed by atoms with Gasteiger partial charge in [0, 0.05) is 5.69 Å². The van der Waals surface area contributed by atoms with Gasteiger partial charge in [-0.25, -0.2) is 15.0 Å². The predicted octanol–water partition coefficient (Wildman–Crippen LogP) is 1.96. The minimum Gasteiger partial charge on any atom is -0.392 e. The molecule has 0 aliphatic rings. The molecule has 0 bridgehead atoms. The number of aliphatic hydroxyl groups is 1. The van der Waals surface area contributed by atoms with Gasteiger partial charge >= 0.3 is 0 Å². The highest BCUT2D eigenvalue weighted by molar-refractivity contribution is 6.33. The van der Waals surface area contributed by atoms with Crippen LogP contribution in [0.2, 0.25) is 5.15 Å². The van der Waals surface area contributed by atoms with Crippen molar-refractivity contribution < 1.29 is 5.11 Å². The fourth-order valence-electron chi connectivity index (χ4n) is 1.76. The zero-order chi connectivity index (χ0) is 12.5. The van der Waals surface area contributed by atoms with Crippen LogP contribution in [-0.4, -0.2) is 24.6 Å². The van der Waals surface area contributed by atoms with Crippen LogP contribution >= 0.6 is 11.6 Å². The summed E-state index contributed by atoms with van der Waals surface area (Å²) in [5.41, 5.74) is 3.00. The number of benzene rings is 1. The van der Waals surface area contributed by atoms with E-state index in [0.29, 0.717) is 16.3 Å². The number of hydrogen-bond donors (Lipinski definition) is 1. The van der Waals surface area contributed by atoms with E-state index < -0.39 is 0 Å². The summed E-state index contributed by atoms with van der Waals surface area (Å²) in [5.74, 6) is 0. The molecule has 0 atom stereocenters. The summed E-state index contributed by atoms with van der Waals surface area (Å²) in [7, 11) is 0. The fourth-order valence-corrected chi connectivity index (χ4v) is 1.93. The van der Waals surface area contributed by atoms with Crippen molar-refractivity contribution in [3.8, 4) is 5.69 Å². The first-order valence-corrected chi connectivity index (χ1v) is 5.71. The van der Waals surface area contributed by atoms with Crippen LogP contribution in [-0.2, 0) is 6.61 Å². The van der Waals surface area contributed by atoms with Crippen molar-refractivity contribution in [2.75, 3.05) is 0 Å². The third-order valence-electron chi connectivity index (χ3n) is 2.69. The van der Waals surface area contributed by atoms with E-state index in [1.165, 1.54) is 6.33 Å². The van der Waals surface area contributed by atoms with Crippen molar-refractivity contribution in [2.24, 2.45) is 0 Å². The number of rotatable bonds is 2. The van der Waals surface area contributed by atoms with Crippen LogP contribution in [0.1, 0.15) is 5.56 Å². The van der Waals surface area contributed by atoms with Crippen LogP contribution in [0.3, 0.4) is 0 Å². The Bertz CT molecular complexity index is 693. The smallest absolute Gasteiger partial charge is 0.169 e. The maximum Gasteiger partial charge on any atom is 0.169 e. The van der Waals surface area contributed by atoms with Crippen molar-refractivity contribution >= 4 is 22.8 Å². The number of halogens is 1. The number of nitrogens with zero attached hydrogens (tertiary/aromatic N) is 4. The molecule has 18 heavy (non-hydrogen) atoms. The summed E-state index contributed by atoms with van der Waals surface area (Å²) < 4.78 is 1.82. The normalized spacial score (nSPS) is 11.0. The Morgan fingerprint density at radius 3 is 2.61 bits per heavy atom. The van der Waals surface area contributed by atoms with E-state index >= 15 is 0 Å². The Morgan fingerprint density at radius 2 is 1.89 bits per heavy atom. The molecule has 2 aromatic heterocycles. The molecular weight excluding hydrogens is 252 g/mol. The second-order valence-corrected chi connectivity index (χ2v) is 4.13. The van der Waals surface area contributed by atoms with Gasteiger partial charge in [-0.05, 0) is 17.7 Å². The minimum absolute atomic E-state index is 0.0267. The largest absolute Gasteiger partial charge is 0.392 e. The first kappa shape index (κ1) is 11.1. The third kappa shape index (κ3) is 1.73. The Balaban J connectivity index is 2.16. The monoisotopic (exact) mass is 260 g/mol. The Labute approximate surface area is 108 Å². The van der Waals surface area contributed by atoms with Crippen LogP contribution in [0.5, 0.6) is 0 Å². The molecule has 0 saturated heterocycles. The zero-order valence-corrected chi connectivity index (χ0v) is 10.0. The lowest BCUT2D eigenvalue weighted by Gasteiger charge is -2.04. The lowest BCUT2D eigenvalue weighted by Crippen LogP contribution is -1.95. The summed E-state index contributed by atoms with van der Waals surface area (Å²) in [6.07, 6.45) is 3.06. The zero-order valence-electron chi connectivity index (χ0n) is 9.29. The van der Waals surface area contributed by atoms with Crippen LogP contribution in [0.25, 0.3) is 16.9 Å². The molecular formula is C12H9ClN4O. The molecule has 0 aliphatic heterocycles. The van der Waals surface area contributed by atoms with Gasteiger partial charge in [0.2, 0.25) is 0 Å². The van der Waals surface area contributed by atoms with E-state index in [1.807, 2.05) is 28.8 Å². The quantitative estimate of drug-likeness (QED) is 0.716. The van der Waals surface area contributed by atoms with Gasteiger partial charge in [0.1, 0.15) is 18.2 Å². The summed E-state index contributed by atoms with van der Waals surface area (Å²) in [6, 6.07) is 7.49. The van der Waals surface area contributed by atoms with E-state index in [-0.39, 0.29) is 6.61 Å². The molecule has 0 saturated carbocycles. The van der Waals surface area contributed by atoms with E-state index in [2.05, 4.69) is 15.0 Å². The second-order valence-electron chi connectivity index (χ2n) is 3.78. The number of hydrogen-bond acceptors (Lipinski definition) is 4. The molecule has 0 amide bonds. The molecule has 3 aromatic rings. The summed E-state index contributed by atoms with van der Waals surface area (Å²) >= 11 is 5.95. The molecule has 1 N–H and O–H groups in total. The highest BCUT2D eigenvalue weighted by Crippen LogP contribution is 2.20. The van der Waals surface area contributed by atoms with Gasteiger partial charge in [0.05, 0.1) is 6.61 Å². The molecule has 2 heterocycles. The first-order chi connectivity index (χ1) is 8.79. The number of imidazole rings is 1. The third-order valence-corrected chi connectivity index (χ3v) is 2.96. The molecule has 0 spiro atoms. The lowest BCUT2D eigenvalue weighted by atomic mass is 10.2. The van der Waals surface area contributed by atoms with Crippen LogP contribution in [0, 0.1) is 0 Å². The second kappa shape index (κ2) is 4.36. The Kier molecular flexibility index (Phi) is 2.70. The van der Waals surface area contributed by atoms with Gasteiger partial charge in [0.25, 0.3) is 0 Å². The Morgan fingerprint density at radius 1 is 1.11 bits per heavy atom. The predicted molar refractivity (Wildman–Crippen MR) is 67.6 cm³/mol. The van der Waals surface area contributed by atoms with E-state index in [1.54, 1.807) is 6.33 Å². The highest BCUT2D eigenvalue weighted by atomic mass is 35.5. The highest BCUT2D eigenvalue weighted by Gasteiger charge is 2.09. The van der Waals surface area contributed by atoms with Crippen LogP contribution in [0.4, 0.5) is 0 Å². The molecule has 0 unspecified atom stereocenters. The van der Waals surface area contributed by atoms with Gasteiger partial charge in [-0.3, -0.25) is 4.57 Å². The standard InChI is InChI=1S/C12H9ClN4O/c13-11-10-12(15-6-14-11)17(7-16-10)9-3-1-8(5-18)2-4-9/h1-4,6-7,18H,5H2. The van der Waals surface area contributed by atoms with Crippen molar-refractivity contribution in [1.82, 2.24) is 19.5 Å². The van der Waals surface area contributed by atoms with E-state index in [0.717, 1.165) is 11.3 Å². The van der Waals surface area contributed by atoms with Gasteiger partial charge in [-0.1, -0.05) is 23.7 Å². The average molecular weight is 261 g/mol. The van der Waals surface area contributed by atoms with E-state index in [9.17, 15) is 0 Å². The minimum atomic E-state index is 0.0267. The van der Waals surface area contributed by atoms with Gasteiger partial charge < -0.3 is 5.11 Å². The maximum atomic E-state index is 9.01. The maximum absolute atomic E-state index is 9.01. The summed E-state index contributed by atoms with van der Waals surface area (Å²) in [5, 5.41) is 9.35.